The smallest absolute Gasteiger partial charge is 0.278 e. The molecule has 1 N–H and O–H groups in total. The number of aryl methyl sites for hydroxylation is 1. The first-order valence-corrected chi connectivity index (χ1v) is 10.3. The molecule has 0 saturated carbocycles. The number of piperidine rings is 1. The first-order chi connectivity index (χ1) is 15.0. The highest BCUT2D eigenvalue weighted by Gasteiger charge is 2.24. The third-order valence-corrected chi connectivity index (χ3v) is 5.69. The fraction of sp³-hybridized carbons (Fsp3) is 0.318. The molecule has 4 aromatic rings. The van der Waals surface area contributed by atoms with Gasteiger partial charge in [-0.3, -0.25) is 9.48 Å². The summed E-state index contributed by atoms with van der Waals surface area (Å²) in [6.45, 7) is 2.00. The predicted octanol–water partition coefficient (Wildman–Crippen LogP) is 3.08. The van der Waals surface area contributed by atoms with Crippen LogP contribution < -0.4 is 5.32 Å². The van der Waals surface area contributed by atoms with Crippen molar-refractivity contribution in [2.75, 3.05) is 25.5 Å². The van der Waals surface area contributed by atoms with E-state index in [4.69, 9.17) is 4.42 Å². The summed E-state index contributed by atoms with van der Waals surface area (Å²) in [6, 6.07) is 7.69. The molecule has 4 heterocycles. The number of benzene rings is 1. The fourth-order valence-electron chi connectivity index (χ4n) is 3.87. The van der Waals surface area contributed by atoms with Gasteiger partial charge in [-0.25, -0.2) is 4.98 Å². The number of amides is 1. The van der Waals surface area contributed by atoms with Crippen LogP contribution in [0.15, 0.2) is 47.3 Å². The zero-order valence-electron chi connectivity index (χ0n) is 17.4. The Labute approximate surface area is 179 Å². The van der Waals surface area contributed by atoms with Crippen LogP contribution in [0.3, 0.4) is 0 Å². The zero-order chi connectivity index (χ0) is 21.4. The number of likely N-dealkylation sites (tertiary alicyclic amines) is 1. The molecule has 1 fully saturated rings. The molecule has 1 aliphatic rings. The van der Waals surface area contributed by atoms with Crippen LogP contribution in [0, 0.1) is 0 Å². The fourth-order valence-corrected chi connectivity index (χ4v) is 3.87. The van der Waals surface area contributed by atoms with E-state index in [1.54, 1.807) is 10.7 Å². The Morgan fingerprint density at radius 1 is 1.13 bits per heavy atom. The molecule has 0 unspecified atom stereocenters. The molecule has 3 aromatic heterocycles. The van der Waals surface area contributed by atoms with Gasteiger partial charge in [0.05, 0.1) is 11.7 Å². The van der Waals surface area contributed by atoms with E-state index in [9.17, 15) is 4.79 Å². The Bertz CT molecular complexity index is 1240. The van der Waals surface area contributed by atoms with E-state index in [-0.39, 0.29) is 17.5 Å². The summed E-state index contributed by atoms with van der Waals surface area (Å²) in [6.07, 6.45) is 7.13. The first-order valence-electron chi connectivity index (χ1n) is 10.3. The minimum atomic E-state index is -0.361. The second kappa shape index (κ2) is 7.92. The van der Waals surface area contributed by atoms with Crippen molar-refractivity contribution in [1.82, 2.24) is 29.9 Å². The lowest BCUT2D eigenvalue weighted by atomic mass is 9.97. The van der Waals surface area contributed by atoms with Gasteiger partial charge in [-0.15, -0.1) is 10.2 Å². The maximum absolute atomic E-state index is 12.7. The van der Waals surface area contributed by atoms with Gasteiger partial charge in [-0.2, -0.15) is 5.10 Å². The lowest BCUT2D eigenvalue weighted by Gasteiger charge is -2.26. The third kappa shape index (κ3) is 4.04. The van der Waals surface area contributed by atoms with Gasteiger partial charge in [0.25, 0.3) is 5.91 Å². The molecular weight excluding hydrogens is 394 g/mol. The van der Waals surface area contributed by atoms with Crippen molar-refractivity contribution in [3.8, 4) is 11.1 Å². The van der Waals surface area contributed by atoms with Crippen LogP contribution in [0.25, 0.3) is 22.0 Å². The van der Waals surface area contributed by atoms with Crippen LogP contribution in [0.4, 0.5) is 5.82 Å². The molecule has 0 bridgehead atoms. The Morgan fingerprint density at radius 2 is 1.97 bits per heavy atom. The summed E-state index contributed by atoms with van der Waals surface area (Å²) in [5, 5.41) is 16.2. The van der Waals surface area contributed by atoms with E-state index in [2.05, 4.69) is 37.5 Å². The number of carbonyl (C=O) groups excluding carboxylic acids is 1. The molecular formula is C22H23N7O2. The van der Waals surface area contributed by atoms with Gasteiger partial charge in [-0.1, -0.05) is 6.07 Å². The van der Waals surface area contributed by atoms with Gasteiger partial charge >= 0.3 is 0 Å². The average Bonchev–Trinajstić information content (AvgIpc) is 3.43. The molecule has 5 rings (SSSR count). The number of aromatic nitrogens is 5. The lowest BCUT2D eigenvalue weighted by molar-refractivity contribution is 0.102. The van der Waals surface area contributed by atoms with Crippen LogP contribution in [0.5, 0.6) is 0 Å². The van der Waals surface area contributed by atoms with Crippen LogP contribution in [-0.2, 0) is 7.05 Å². The van der Waals surface area contributed by atoms with Crippen LogP contribution >= 0.6 is 0 Å². The Morgan fingerprint density at radius 3 is 2.74 bits per heavy atom. The van der Waals surface area contributed by atoms with Crippen molar-refractivity contribution in [2.45, 2.75) is 18.8 Å². The highest BCUT2D eigenvalue weighted by atomic mass is 16.3. The largest absolute Gasteiger partial charge is 0.448 e. The van der Waals surface area contributed by atoms with Gasteiger partial charge in [-0.05, 0) is 56.7 Å². The van der Waals surface area contributed by atoms with E-state index in [1.807, 2.05) is 37.6 Å². The number of carbonyl (C=O) groups is 1. The quantitative estimate of drug-likeness (QED) is 0.544. The molecule has 1 aromatic carbocycles. The number of anilines is 1. The number of nitrogens with zero attached hydrogens (tertiary/aromatic N) is 6. The first kappa shape index (κ1) is 19.4. The Kier molecular flexibility index (Phi) is 4.95. The van der Waals surface area contributed by atoms with E-state index < -0.39 is 0 Å². The van der Waals surface area contributed by atoms with Gasteiger partial charge < -0.3 is 14.6 Å². The van der Waals surface area contributed by atoms with Crippen molar-refractivity contribution in [2.24, 2.45) is 7.05 Å². The van der Waals surface area contributed by atoms with E-state index in [1.165, 1.54) is 6.26 Å². The lowest BCUT2D eigenvalue weighted by Crippen LogP contribution is -2.29. The van der Waals surface area contributed by atoms with Gasteiger partial charge in [0.2, 0.25) is 0 Å². The molecule has 1 aliphatic heterocycles. The maximum Gasteiger partial charge on any atom is 0.278 e. The van der Waals surface area contributed by atoms with Crippen LogP contribution in [0.2, 0.25) is 0 Å². The summed E-state index contributed by atoms with van der Waals surface area (Å²) in [4.78, 5) is 19.4. The minimum absolute atomic E-state index is 0.250. The molecule has 1 amide bonds. The molecule has 0 aliphatic carbocycles. The summed E-state index contributed by atoms with van der Waals surface area (Å²) < 4.78 is 7.36. The highest BCUT2D eigenvalue weighted by Crippen LogP contribution is 2.27. The monoisotopic (exact) mass is 417 g/mol. The molecule has 0 atom stereocenters. The van der Waals surface area contributed by atoms with E-state index >= 15 is 0 Å². The normalized spacial score (nSPS) is 15.4. The number of nitrogens with one attached hydrogen (secondary N) is 1. The summed E-state index contributed by atoms with van der Waals surface area (Å²) in [5.41, 5.74) is 3.03. The van der Waals surface area contributed by atoms with Crippen molar-refractivity contribution in [3.63, 3.8) is 0 Å². The van der Waals surface area contributed by atoms with Crippen molar-refractivity contribution < 1.29 is 9.21 Å². The second-order valence-electron chi connectivity index (χ2n) is 8.01. The molecule has 9 nitrogen and oxygen atoms in total. The average molecular weight is 417 g/mol. The number of rotatable bonds is 4. The standard InChI is InChI=1S/C22H23N7O2/c1-28-7-5-14(6-8-28)22-24-19(13-31-22)21(30)25-20-10-16-9-15(3-4-18(16)26-27-20)17-11-23-29(2)12-17/h3-4,9-14H,5-8H2,1-2H3,(H,25,27,30). The number of hydrogen-bond acceptors (Lipinski definition) is 7. The Hall–Kier alpha value is -3.59. The van der Waals surface area contributed by atoms with Crippen LogP contribution in [-0.4, -0.2) is 55.9 Å². The molecule has 0 radical (unpaired) electrons. The summed E-state index contributed by atoms with van der Waals surface area (Å²) in [5.74, 6) is 0.887. The second-order valence-corrected chi connectivity index (χ2v) is 8.01. The topological polar surface area (TPSA) is 102 Å². The van der Waals surface area contributed by atoms with Crippen LogP contribution in [0.1, 0.15) is 35.1 Å². The zero-order valence-corrected chi connectivity index (χ0v) is 17.4. The molecule has 1 saturated heterocycles. The molecule has 158 valence electrons. The van der Waals surface area contributed by atoms with Crippen molar-refractivity contribution in [3.05, 3.63) is 54.5 Å². The van der Waals surface area contributed by atoms with Crippen molar-refractivity contribution in [1.29, 1.82) is 0 Å². The number of fused-ring (bicyclic) bond motifs is 1. The SMILES string of the molecule is CN1CCC(c2nc(C(=O)Nc3cc4cc(-c5cnn(C)c5)ccc4nn3)co2)CC1. The summed E-state index contributed by atoms with van der Waals surface area (Å²) in [7, 11) is 3.99. The third-order valence-electron chi connectivity index (χ3n) is 5.69. The minimum Gasteiger partial charge on any atom is -0.448 e. The van der Waals surface area contributed by atoms with Gasteiger partial charge in [0, 0.05) is 30.1 Å². The number of oxazole rings is 1. The predicted molar refractivity (Wildman–Crippen MR) is 116 cm³/mol. The van der Waals surface area contributed by atoms with E-state index in [0.717, 1.165) is 48.0 Å². The highest BCUT2D eigenvalue weighted by molar-refractivity contribution is 6.02. The molecule has 9 heteroatoms. The maximum atomic E-state index is 12.7. The number of hydrogen-bond donors (Lipinski definition) is 1. The molecule has 0 spiro atoms. The van der Waals surface area contributed by atoms with E-state index in [0.29, 0.717) is 11.7 Å². The Balaban J connectivity index is 1.33. The summed E-state index contributed by atoms with van der Waals surface area (Å²) >= 11 is 0. The van der Waals surface area contributed by atoms with Crippen molar-refractivity contribution >= 4 is 22.6 Å². The van der Waals surface area contributed by atoms with Gasteiger partial charge in [0.15, 0.2) is 17.4 Å². The van der Waals surface area contributed by atoms with Gasteiger partial charge in [0.1, 0.15) is 6.26 Å². The molecule has 31 heavy (non-hydrogen) atoms.